The van der Waals surface area contributed by atoms with Crippen LogP contribution in [0.15, 0.2) is 0 Å². The third kappa shape index (κ3) is 2430. The van der Waals surface area contributed by atoms with Crippen LogP contribution in [-0.2, 0) is 76.0 Å². The summed E-state index contributed by atoms with van der Waals surface area (Å²) in [5, 5.41) is 0. The third-order valence-electron chi connectivity index (χ3n) is 0. The van der Waals surface area contributed by atoms with Crippen molar-refractivity contribution in [1.82, 2.24) is 0 Å². The molecule has 9 nitrogen and oxygen atoms in total. The quantitative estimate of drug-likeness (QED) is 0.412. The minimum atomic E-state index is 0. The molecular weight excluding hydrogens is 364 g/mol. The zero-order chi connectivity index (χ0) is 18.0. The van der Waals surface area contributed by atoms with Gasteiger partial charge in [0, 0.05) is 34.1 Å². The smallest absolute Gasteiger partial charge is 0 e. The van der Waals surface area contributed by atoms with Crippen LogP contribution in [-0.4, -0.2) is 0 Å². The summed E-state index contributed by atoms with van der Waals surface area (Å²) in [6.07, 6.45) is 0. The van der Waals surface area contributed by atoms with Gasteiger partial charge in [-0.25, -0.2) is 0 Å². The maximum atomic E-state index is 7.75. The predicted octanol–water partition coefficient (Wildman–Crippen LogP) is 0.0481. The molecule has 0 heterocycles. The minimum Gasteiger partial charge on any atom is 0 e. The molecule has 11 heteroatoms. The molecule has 0 unspecified atom stereocenters. The number of hydrogen-bond donors (Lipinski definition) is 0. The van der Waals surface area contributed by atoms with E-state index >= 15 is 0 Å². The molecule has 106 valence electrons. The number of hydrogen-bond acceptors (Lipinski definition) is 0. The van der Waals surface area contributed by atoms with Gasteiger partial charge in [0.15, 0.2) is 0 Å². The third-order valence-corrected chi connectivity index (χ3v) is 0. The SMILES string of the molecule is C#[O+].C#[O+].C#[O+].C#[O+].C#[O+].C#[O+].C#[O+].C#[O+].C#[O+].[Fe].[Fe]. The molecule has 0 atom stereocenters. The second-order valence-corrected chi connectivity index (χ2v) is 0. The fourth-order valence-corrected chi connectivity index (χ4v) is 0. The Bertz CT molecular complexity index is 156. The Balaban J connectivity index is -0.00000000500. The molecule has 0 rings (SSSR count). The molecule has 0 bridgehead atoms. The van der Waals surface area contributed by atoms with Gasteiger partial charge in [-0.2, -0.15) is 0 Å². The van der Waals surface area contributed by atoms with E-state index < -0.39 is 0 Å². The topological polar surface area (TPSA) is 179 Å². The fraction of sp³-hybridized carbons (Fsp3) is 0. The van der Waals surface area contributed by atoms with Crippen LogP contribution < -0.4 is 0 Å². The van der Waals surface area contributed by atoms with Gasteiger partial charge < -0.3 is 0 Å². The first-order valence-electron chi connectivity index (χ1n) is 2.12. The predicted molar refractivity (Wildman–Crippen MR) is 50.7 cm³/mol. The fourth-order valence-electron chi connectivity index (χ4n) is 0. The van der Waals surface area contributed by atoms with Crippen LogP contribution in [0.4, 0.5) is 0 Å². The van der Waals surface area contributed by atoms with Crippen LogP contribution in [0.25, 0.3) is 0 Å². The van der Waals surface area contributed by atoms with Crippen molar-refractivity contribution in [2.24, 2.45) is 0 Å². The van der Waals surface area contributed by atoms with Crippen molar-refractivity contribution in [1.29, 1.82) is 0 Å². The molecule has 0 radical (unpaired) electrons. The van der Waals surface area contributed by atoms with E-state index in [0.717, 1.165) is 0 Å². The van der Waals surface area contributed by atoms with Crippen LogP contribution >= 0.6 is 0 Å². The van der Waals surface area contributed by atoms with Crippen LogP contribution in [0.1, 0.15) is 0 Å². The summed E-state index contributed by atoms with van der Waals surface area (Å²) in [4.78, 5) is 0. The minimum absolute atomic E-state index is 0. The monoisotopic (exact) mass is 373 g/mol. The van der Waals surface area contributed by atoms with Crippen molar-refractivity contribution < 1.29 is 76.0 Å². The molecule has 0 aliphatic heterocycles. The van der Waals surface area contributed by atoms with E-state index in [1.807, 2.05) is 0 Å². The molecule has 0 N–H and O–H groups in total. The summed E-state index contributed by atoms with van der Waals surface area (Å²) < 4.78 is 69.8. The second kappa shape index (κ2) is 2920. The van der Waals surface area contributed by atoms with Crippen molar-refractivity contribution in [2.75, 3.05) is 0 Å². The Kier molecular flexibility index (Phi) is 14400. The molecule has 0 saturated heterocycles. The molecule has 0 aromatic rings. The Labute approximate surface area is 136 Å². The van der Waals surface area contributed by atoms with E-state index in [4.69, 9.17) is 41.9 Å². The zero-order valence-corrected chi connectivity index (χ0v) is 11.8. The Morgan fingerprint density at radius 1 is 0.200 bits per heavy atom. The van der Waals surface area contributed by atoms with Crippen LogP contribution in [0.3, 0.4) is 0 Å². The summed E-state index contributed by atoms with van der Waals surface area (Å²) in [7, 11) is 0. The summed E-state index contributed by atoms with van der Waals surface area (Å²) in [5.41, 5.74) is 0. The van der Waals surface area contributed by atoms with E-state index in [9.17, 15) is 0 Å². The average Bonchev–Trinajstić information content (AvgIpc) is 2.63. The maximum Gasteiger partial charge on any atom is 0 e. The summed E-state index contributed by atoms with van der Waals surface area (Å²) >= 11 is 0. The van der Waals surface area contributed by atoms with Gasteiger partial charge in [0.1, 0.15) is 0 Å². The summed E-state index contributed by atoms with van der Waals surface area (Å²) in [5.74, 6) is 0. The van der Waals surface area contributed by atoms with Gasteiger partial charge in [-0.15, -0.1) is 0 Å². The number of rotatable bonds is 0. The largest absolute Gasteiger partial charge is 0 e. The van der Waals surface area contributed by atoms with Gasteiger partial charge in [0.2, 0.25) is 0 Å². The standard InChI is InChI=1S/9CHO.2Fe/c9*1-2;;/h9*1H;;/q9*+1;;. The Morgan fingerprint density at radius 3 is 0.200 bits per heavy atom. The Hall–Kier alpha value is -1.30. The van der Waals surface area contributed by atoms with Crippen molar-refractivity contribution in [3.63, 3.8) is 0 Å². The van der Waals surface area contributed by atoms with Crippen LogP contribution in [0.2, 0.25) is 0 Å². The van der Waals surface area contributed by atoms with Crippen LogP contribution in [0, 0.1) is 59.9 Å². The van der Waals surface area contributed by atoms with Gasteiger partial charge in [-0.05, 0) is 0 Å². The molecule has 0 aliphatic rings. The van der Waals surface area contributed by atoms with Gasteiger partial charge in [-0.1, -0.05) is 0 Å². The van der Waals surface area contributed by atoms with Gasteiger partial charge in [0.25, 0.3) is 0 Å². The van der Waals surface area contributed by atoms with Crippen molar-refractivity contribution >= 4 is 0 Å². The van der Waals surface area contributed by atoms with E-state index in [2.05, 4.69) is 59.9 Å². The second-order valence-electron chi connectivity index (χ2n) is 0. The van der Waals surface area contributed by atoms with Crippen LogP contribution in [0.5, 0.6) is 0 Å². The van der Waals surface area contributed by atoms with Crippen molar-refractivity contribution in [2.45, 2.75) is 0 Å². The summed E-state index contributed by atoms with van der Waals surface area (Å²) in [6, 6.07) is 0. The first-order chi connectivity index (χ1) is 9.00. The zero-order valence-electron chi connectivity index (χ0n) is 9.58. The van der Waals surface area contributed by atoms with Crippen molar-refractivity contribution in [3.05, 3.63) is 0 Å². The molecule has 0 aromatic heterocycles. The normalized spacial score (nSPS) is 0.900. The van der Waals surface area contributed by atoms with E-state index in [-0.39, 0.29) is 34.1 Å². The molecule has 0 fully saturated rings. The van der Waals surface area contributed by atoms with E-state index in [1.54, 1.807) is 0 Å². The van der Waals surface area contributed by atoms with Gasteiger partial charge >= 0.3 is 102 Å². The summed E-state index contributed by atoms with van der Waals surface area (Å²) in [6.45, 7) is 29.2. The van der Waals surface area contributed by atoms with E-state index in [0.29, 0.717) is 0 Å². The first-order valence-corrected chi connectivity index (χ1v) is 2.12. The maximum absolute atomic E-state index is 7.75. The molecular formula is C9H9Fe2O9+9. The molecule has 0 aliphatic carbocycles. The molecule has 0 spiro atoms. The molecule has 20 heavy (non-hydrogen) atoms. The van der Waals surface area contributed by atoms with Gasteiger partial charge in [0.05, 0.1) is 0 Å². The van der Waals surface area contributed by atoms with E-state index in [1.165, 1.54) is 0 Å². The van der Waals surface area contributed by atoms with Crippen molar-refractivity contribution in [3.8, 4) is 59.9 Å². The molecule has 0 amide bonds. The molecule has 0 saturated carbocycles. The Morgan fingerprint density at radius 2 is 0.200 bits per heavy atom. The average molecular weight is 373 g/mol. The van der Waals surface area contributed by atoms with Gasteiger partial charge in [-0.3, -0.25) is 0 Å². The first kappa shape index (κ1) is 98.8. The molecule has 0 aromatic carbocycles.